The Morgan fingerprint density at radius 3 is 1.66 bits per heavy atom. The zero-order valence-electron chi connectivity index (χ0n) is 34.9. The molecule has 0 unspecified atom stereocenters. The van der Waals surface area contributed by atoms with Crippen molar-refractivity contribution in [1.29, 1.82) is 0 Å². The van der Waals surface area contributed by atoms with Crippen LogP contribution in [0.2, 0.25) is 10.0 Å². The quantitative estimate of drug-likeness (QED) is 0.129. The number of carbonyl (C=O) groups excluding carboxylic acids is 2. The fraction of sp³-hybridized carbons (Fsp3) is 0.422. The molecule has 0 atom stereocenters. The molecule has 7 rings (SSSR count). The molecular formula is C45H56Cl2N8O4. The maximum Gasteiger partial charge on any atom is 0.242 e. The Bertz CT molecular complexity index is 2200. The van der Waals surface area contributed by atoms with Crippen LogP contribution in [-0.2, 0) is 29.3 Å². The van der Waals surface area contributed by atoms with Gasteiger partial charge in [0, 0.05) is 84.0 Å². The first-order chi connectivity index (χ1) is 28.2. The lowest BCUT2D eigenvalue weighted by Crippen LogP contribution is -2.51. The minimum absolute atomic E-state index is 0.0761. The summed E-state index contributed by atoms with van der Waals surface area (Å²) in [7, 11) is 0. The summed E-state index contributed by atoms with van der Waals surface area (Å²) in [6.45, 7) is 19.8. The van der Waals surface area contributed by atoms with Crippen LogP contribution in [0, 0.1) is 25.7 Å². The molecule has 2 aliphatic heterocycles. The number of hydrogen-bond acceptors (Lipinski definition) is 8. The highest BCUT2D eigenvalue weighted by molar-refractivity contribution is 6.31. The van der Waals surface area contributed by atoms with Crippen LogP contribution < -0.4 is 14.5 Å². The number of piperazine rings is 2. The van der Waals surface area contributed by atoms with E-state index in [4.69, 9.17) is 33.0 Å². The number of phenols is 1. The molecule has 0 saturated carbocycles. The SMILES string of the molecule is Cc1cc(N2CCN(CC(C)C)CC2=O)nn1Cc1cc(Cl)ccc1O.Cc1cc(N2CCN(CC(C)C)CC2=O)nn1Cc1cc(Cl)ccc1OCc1ccccc1. The van der Waals surface area contributed by atoms with Gasteiger partial charge >= 0.3 is 0 Å². The van der Waals surface area contributed by atoms with Gasteiger partial charge in [-0.3, -0.25) is 38.6 Å². The van der Waals surface area contributed by atoms with E-state index in [9.17, 15) is 14.7 Å². The van der Waals surface area contributed by atoms with E-state index >= 15 is 0 Å². The summed E-state index contributed by atoms with van der Waals surface area (Å²) < 4.78 is 9.80. The van der Waals surface area contributed by atoms with Crippen molar-refractivity contribution in [1.82, 2.24) is 29.4 Å². The largest absolute Gasteiger partial charge is 0.508 e. The van der Waals surface area contributed by atoms with Crippen LogP contribution in [0.3, 0.4) is 0 Å². The van der Waals surface area contributed by atoms with Gasteiger partial charge in [-0.15, -0.1) is 0 Å². The summed E-state index contributed by atoms with van der Waals surface area (Å²) in [6.07, 6.45) is 0. The molecule has 2 fully saturated rings. The summed E-state index contributed by atoms with van der Waals surface area (Å²) in [4.78, 5) is 33.3. The molecule has 0 radical (unpaired) electrons. The summed E-state index contributed by atoms with van der Waals surface area (Å²) in [6, 6.07) is 24.6. The summed E-state index contributed by atoms with van der Waals surface area (Å²) in [5.41, 5.74) is 4.66. The van der Waals surface area contributed by atoms with Gasteiger partial charge in [-0.1, -0.05) is 81.2 Å². The van der Waals surface area contributed by atoms with Crippen LogP contribution in [0.25, 0.3) is 0 Å². The minimum atomic E-state index is 0.0761. The van der Waals surface area contributed by atoms with Gasteiger partial charge in [-0.05, 0) is 67.6 Å². The maximum absolute atomic E-state index is 12.8. The van der Waals surface area contributed by atoms with Crippen molar-refractivity contribution in [3.05, 3.63) is 117 Å². The number of aromatic nitrogens is 4. The number of aryl methyl sites for hydroxylation is 2. The number of phenolic OH excluding ortho intramolecular Hbond substituents is 1. The molecule has 314 valence electrons. The number of halogens is 2. The number of amides is 2. The predicted octanol–water partition coefficient (Wildman–Crippen LogP) is 7.68. The second kappa shape index (κ2) is 19.9. The molecule has 12 nitrogen and oxygen atoms in total. The molecule has 2 amide bonds. The first-order valence-electron chi connectivity index (χ1n) is 20.3. The van der Waals surface area contributed by atoms with Crippen molar-refractivity contribution >= 4 is 46.7 Å². The van der Waals surface area contributed by atoms with E-state index in [0.717, 1.165) is 54.4 Å². The lowest BCUT2D eigenvalue weighted by Gasteiger charge is -2.33. The van der Waals surface area contributed by atoms with Crippen LogP contribution in [0.5, 0.6) is 11.5 Å². The number of aromatic hydroxyl groups is 1. The first-order valence-corrected chi connectivity index (χ1v) is 21.0. The number of hydrogen-bond donors (Lipinski definition) is 1. The number of nitrogens with zero attached hydrogens (tertiary/aromatic N) is 8. The van der Waals surface area contributed by atoms with E-state index in [0.29, 0.717) is 85.0 Å². The normalized spacial score (nSPS) is 15.3. The van der Waals surface area contributed by atoms with E-state index in [1.165, 1.54) is 0 Å². The summed E-state index contributed by atoms with van der Waals surface area (Å²) in [5, 5.41) is 20.6. The van der Waals surface area contributed by atoms with E-state index in [1.807, 2.05) is 79.2 Å². The average molecular weight is 844 g/mol. The number of benzene rings is 3. The van der Waals surface area contributed by atoms with Gasteiger partial charge in [0.05, 0.1) is 26.2 Å². The minimum Gasteiger partial charge on any atom is -0.508 e. The van der Waals surface area contributed by atoms with E-state index in [1.54, 1.807) is 32.7 Å². The molecule has 1 N–H and O–H groups in total. The van der Waals surface area contributed by atoms with E-state index in [-0.39, 0.29) is 17.6 Å². The molecule has 0 bridgehead atoms. The third-order valence-corrected chi connectivity index (χ3v) is 10.7. The molecule has 5 aromatic rings. The third kappa shape index (κ3) is 11.9. The monoisotopic (exact) mass is 842 g/mol. The van der Waals surface area contributed by atoms with Gasteiger partial charge in [0.25, 0.3) is 0 Å². The van der Waals surface area contributed by atoms with Gasteiger partial charge in [-0.2, -0.15) is 10.2 Å². The Morgan fingerprint density at radius 1 is 0.661 bits per heavy atom. The van der Waals surface area contributed by atoms with Crippen molar-refractivity contribution in [2.45, 2.75) is 61.2 Å². The lowest BCUT2D eigenvalue weighted by atomic mass is 10.2. The maximum atomic E-state index is 12.8. The van der Waals surface area contributed by atoms with Gasteiger partial charge in [0.1, 0.15) is 18.1 Å². The Kier molecular flexibility index (Phi) is 14.7. The molecule has 2 aliphatic rings. The van der Waals surface area contributed by atoms with Crippen LogP contribution >= 0.6 is 23.2 Å². The smallest absolute Gasteiger partial charge is 0.242 e. The molecule has 2 saturated heterocycles. The van der Waals surface area contributed by atoms with Gasteiger partial charge in [0.2, 0.25) is 11.8 Å². The standard InChI is InChI=1S/C26H31ClN4O2.C19H25ClN4O2/c1-19(2)15-29-11-12-30(26(32)17-29)25-13-20(3)31(28-25)16-22-14-23(27)9-10-24(22)33-18-21-7-5-4-6-8-21;1-13(2)10-22-6-7-23(19(26)12-22)18-8-14(3)24(21-18)11-15-9-16(20)4-5-17(15)25/h4-10,13-14,19H,11-12,15-18H2,1-3H3;4-5,8-9,13,25H,6-7,10-12H2,1-3H3. The molecule has 14 heteroatoms. The molecular weight excluding hydrogens is 787 g/mol. The zero-order valence-corrected chi connectivity index (χ0v) is 36.5. The van der Waals surface area contributed by atoms with Crippen molar-refractivity contribution in [2.75, 3.05) is 62.2 Å². The average Bonchev–Trinajstić information content (AvgIpc) is 3.73. The number of anilines is 2. The zero-order chi connectivity index (χ0) is 42.2. The Morgan fingerprint density at radius 2 is 1.15 bits per heavy atom. The lowest BCUT2D eigenvalue weighted by molar-refractivity contribution is -0.122. The molecule has 0 aliphatic carbocycles. The number of rotatable bonds is 13. The van der Waals surface area contributed by atoms with Crippen molar-refractivity contribution in [2.24, 2.45) is 11.8 Å². The summed E-state index contributed by atoms with van der Waals surface area (Å²) in [5.74, 6) is 3.59. The van der Waals surface area contributed by atoms with Crippen LogP contribution in [0.15, 0.2) is 78.9 Å². The second-order valence-electron chi connectivity index (χ2n) is 16.3. The Hall–Kier alpha value is -4.88. The highest BCUT2D eigenvalue weighted by Gasteiger charge is 2.29. The van der Waals surface area contributed by atoms with Gasteiger partial charge in [-0.25, -0.2) is 0 Å². The fourth-order valence-electron chi connectivity index (χ4n) is 7.39. The van der Waals surface area contributed by atoms with Crippen molar-refractivity contribution in [3.8, 4) is 11.5 Å². The van der Waals surface area contributed by atoms with Crippen LogP contribution in [-0.4, -0.2) is 98.6 Å². The highest BCUT2D eigenvalue weighted by atomic mass is 35.5. The number of carbonyl (C=O) groups is 2. The second-order valence-corrected chi connectivity index (χ2v) is 17.1. The third-order valence-electron chi connectivity index (χ3n) is 10.3. The first kappa shape index (κ1) is 43.7. The molecule has 2 aromatic heterocycles. The van der Waals surface area contributed by atoms with Gasteiger partial charge in [0.15, 0.2) is 11.6 Å². The molecule has 0 spiro atoms. The highest BCUT2D eigenvalue weighted by Crippen LogP contribution is 2.28. The fourth-order valence-corrected chi connectivity index (χ4v) is 7.78. The van der Waals surface area contributed by atoms with Crippen molar-refractivity contribution in [3.63, 3.8) is 0 Å². The van der Waals surface area contributed by atoms with Crippen LogP contribution in [0.1, 0.15) is 55.8 Å². The van der Waals surface area contributed by atoms with Crippen molar-refractivity contribution < 1.29 is 19.4 Å². The molecule has 59 heavy (non-hydrogen) atoms. The number of ether oxygens (including phenoxy) is 1. The van der Waals surface area contributed by atoms with Crippen LogP contribution in [0.4, 0.5) is 11.6 Å². The summed E-state index contributed by atoms with van der Waals surface area (Å²) >= 11 is 12.3. The Labute approximate surface area is 357 Å². The topological polar surface area (TPSA) is 112 Å². The van der Waals surface area contributed by atoms with Gasteiger partial charge < -0.3 is 9.84 Å². The van der Waals surface area contributed by atoms with E-state index < -0.39 is 0 Å². The van der Waals surface area contributed by atoms with E-state index in [2.05, 4.69) is 42.6 Å². The predicted molar refractivity (Wildman–Crippen MR) is 235 cm³/mol. The molecule has 3 aromatic carbocycles. The Balaban J connectivity index is 0.000000204. The molecule has 4 heterocycles.